The molecule has 0 aliphatic heterocycles. The molecule has 2 N–H and O–H groups in total. The van der Waals surface area contributed by atoms with Crippen LogP contribution < -0.4 is 0 Å². The normalized spacial score (nSPS) is 29.0. The van der Waals surface area contributed by atoms with Crippen LogP contribution in [0.5, 0.6) is 0 Å². The van der Waals surface area contributed by atoms with Crippen LogP contribution in [0.2, 0.25) is 0 Å². The maximum atomic E-state index is 11.8. The molecule has 2 heteroatoms. The van der Waals surface area contributed by atoms with E-state index in [1.54, 1.807) is 0 Å². The van der Waals surface area contributed by atoms with Gasteiger partial charge < -0.3 is 10.2 Å². The fourth-order valence-corrected chi connectivity index (χ4v) is 6.92. The second-order valence-electron chi connectivity index (χ2n) is 16.4. The average Bonchev–Trinajstić information content (AvgIpc) is 2.68. The molecule has 1 rings (SSSR count). The Morgan fingerprint density at radius 3 is 1.68 bits per heavy atom. The van der Waals surface area contributed by atoms with Crippen molar-refractivity contribution in [2.24, 2.45) is 51.2 Å². The molecule has 1 aliphatic rings. The maximum absolute atomic E-state index is 11.8. The molecular weight excluding hydrogens is 416 g/mol. The van der Waals surface area contributed by atoms with Crippen LogP contribution in [0.4, 0.5) is 0 Å². The highest BCUT2D eigenvalue weighted by Gasteiger charge is 2.43. The second kappa shape index (κ2) is 12.0. The molecular formula is C32H64O2. The Labute approximate surface area is 215 Å². The summed E-state index contributed by atoms with van der Waals surface area (Å²) in [6.07, 6.45) is 8.60. The van der Waals surface area contributed by atoms with E-state index >= 15 is 0 Å². The van der Waals surface area contributed by atoms with Crippen molar-refractivity contribution < 1.29 is 10.2 Å². The van der Waals surface area contributed by atoms with Gasteiger partial charge in [-0.05, 0) is 76.9 Å². The first-order chi connectivity index (χ1) is 15.2. The van der Waals surface area contributed by atoms with Gasteiger partial charge in [0.05, 0.1) is 12.2 Å². The lowest BCUT2D eigenvalue weighted by atomic mass is 9.62. The number of rotatable bonds is 6. The van der Waals surface area contributed by atoms with Crippen LogP contribution in [0.3, 0.4) is 0 Å². The van der Waals surface area contributed by atoms with Gasteiger partial charge >= 0.3 is 0 Å². The summed E-state index contributed by atoms with van der Waals surface area (Å²) in [6, 6.07) is 0. The third-order valence-electron chi connectivity index (χ3n) is 9.09. The van der Waals surface area contributed by atoms with Crippen molar-refractivity contribution in [3.63, 3.8) is 0 Å². The van der Waals surface area contributed by atoms with E-state index in [0.29, 0.717) is 29.6 Å². The Bertz CT molecular complexity index is 580. The minimum Gasteiger partial charge on any atom is -0.393 e. The average molecular weight is 481 g/mol. The maximum Gasteiger partial charge on any atom is 0.0606 e. The van der Waals surface area contributed by atoms with Crippen molar-refractivity contribution in [2.75, 3.05) is 0 Å². The Morgan fingerprint density at radius 1 is 0.765 bits per heavy atom. The van der Waals surface area contributed by atoms with Gasteiger partial charge in [-0.25, -0.2) is 0 Å². The zero-order valence-electron chi connectivity index (χ0n) is 25.6. The summed E-state index contributed by atoms with van der Waals surface area (Å²) >= 11 is 0. The summed E-state index contributed by atoms with van der Waals surface area (Å²) in [6.45, 7) is 30.0. The minimum absolute atomic E-state index is 0.0802. The highest BCUT2D eigenvalue weighted by molar-refractivity contribution is 4.93. The lowest BCUT2D eigenvalue weighted by molar-refractivity contribution is -0.0529. The van der Waals surface area contributed by atoms with E-state index in [9.17, 15) is 10.2 Å². The van der Waals surface area contributed by atoms with Crippen LogP contribution in [-0.4, -0.2) is 22.4 Å². The Balaban J connectivity index is 3.27. The van der Waals surface area contributed by atoms with Crippen LogP contribution in [0.25, 0.3) is 0 Å². The van der Waals surface area contributed by atoms with Crippen molar-refractivity contribution in [1.29, 1.82) is 0 Å². The fraction of sp³-hybridized carbons (Fsp3) is 1.00. The molecule has 1 fully saturated rings. The van der Waals surface area contributed by atoms with Crippen molar-refractivity contribution in [3.8, 4) is 0 Å². The summed E-state index contributed by atoms with van der Waals surface area (Å²) in [4.78, 5) is 0. The topological polar surface area (TPSA) is 40.5 Å². The summed E-state index contributed by atoms with van der Waals surface area (Å²) in [5.41, 5.74) is 0.420. The first-order valence-electron chi connectivity index (χ1n) is 14.5. The van der Waals surface area contributed by atoms with Crippen LogP contribution in [0.15, 0.2) is 0 Å². The first kappa shape index (κ1) is 31.9. The SMILES string of the molecule is CCC(CC(C(O)CC(C)(C)C)C(C)(C)C)C1CCCCC(C(C)(C)C)C(O)C(C(C)(C)C)C1. The zero-order valence-corrected chi connectivity index (χ0v) is 25.6. The van der Waals surface area contributed by atoms with Gasteiger partial charge in [0.15, 0.2) is 0 Å². The molecule has 0 bridgehead atoms. The molecule has 204 valence electrons. The zero-order chi connectivity index (χ0) is 26.7. The number of aliphatic hydroxyl groups excluding tert-OH is 2. The van der Waals surface area contributed by atoms with Crippen molar-refractivity contribution in [3.05, 3.63) is 0 Å². The number of aliphatic hydroxyl groups is 2. The van der Waals surface area contributed by atoms with E-state index in [2.05, 4.69) is 90.0 Å². The van der Waals surface area contributed by atoms with Crippen molar-refractivity contribution >= 4 is 0 Å². The third kappa shape index (κ3) is 9.76. The predicted octanol–water partition coefficient (Wildman–Crippen LogP) is 9.13. The first-order valence-corrected chi connectivity index (χ1v) is 14.5. The molecule has 2 nitrogen and oxygen atoms in total. The molecule has 1 aliphatic carbocycles. The Morgan fingerprint density at radius 2 is 1.26 bits per heavy atom. The second-order valence-corrected chi connectivity index (χ2v) is 16.4. The molecule has 7 atom stereocenters. The summed E-state index contributed by atoms with van der Waals surface area (Å²) in [5.74, 6) is 2.17. The van der Waals surface area contributed by atoms with Gasteiger partial charge in [0.2, 0.25) is 0 Å². The van der Waals surface area contributed by atoms with E-state index in [4.69, 9.17) is 0 Å². The van der Waals surface area contributed by atoms with E-state index in [1.165, 1.54) is 19.3 Å². The highest BCUT2D eigenvalue weighted by Crippen LogP contribution is 2.48. The van der Waals surface area contributed by atoms with Crippen LogP contribution in [0, 0.1) is 51.2 Å². The van der Waals surface area contributed by atoms with Gasteiger partial charge in [-0.3, -0.25) is 0 Å². The smallest absolute Gasteiger partial charge is 0.0606 e. The quantitative estimate of drug-likeness (QED) is 0.398. The predicted molar refractivity (Wildman–Crippen MR) is 150 cm³/mol. The summed E-state index contributed by atoms with van der Waals surface area (Å²) < 4.78 is 0. The molecule has 0 aromatic heterocycles. The largest absolute Gasteiger partial charge is 0.393 e. The number of hydrogen-bond donors (Lipinski definition) is 2. The molecule has 0 heterocycles. The van der Waals surface area contributed by atoms with E-state index < -0.39 is 0 Å². The number of hydrogen-bond acceptors (Lipinski definition) is 2. The molecule has 1 saturated carbocycles. The van der Waals surface area contributed by atoms with Crippen LogP contribution >= 0.6 is 0 Å². The van der Waals surface area contributed by atoms with E-state index in [1.807, 2.05) is 0 Å². The molecule has 0 spiro atoms. The lowest BCUT2D eigenvalue weighted by Gasteiger charge is -2.45. The Kier molecular flexibility index (Phi) is 11.3. The summed E-state index contributed by atoms with van der Waals surface area (Å²) in [5, 5.41) is 23.2. The minimum atomic E-state index is -0.264. The molecule has 34 heavy (non-hydrogen) atoms. The summed E-state index contributed by atoms with van der Waals surface area (Å²) in [7, 11) is 0. The molecule has 7 unspecified atom stereocenters. The molecule has 0 radical (unpaired) electrons. The monoisotopic (exact) mass is 480 g/mol. The Hall–Kier alpha value is -0.0800. The fourth-order valence-electron chi connectivity index (χ4n) is 6.92. The van der Waals surface area contributed by atoms with Gasteiger partial charge in [0, 0.05) is 0 Å². The van der Waals surface area contributed by atoms with Gasteiger partial charge in [0.1, 0.15) is 0 Å². The van der Waals surface area contributed by atoms with Crippen LogP contribution in [-0.2, 0) is 0 Å². The van der Waals surface area contributed by atoms with Crippen molar-refractivity contribution in [2.45, 2.75) is 154 Å². The van der Waals surface area contributed by atoms with Gasteiger partial charge in [-0.1, -0.05) is 116 Å². The van der Waals surface area contributed by atoms with E-state index in [0.717, 1.165) is 32.1 Å². The van der Waals surface area contributed by atoms with Crippen molar-refractivity contribution in [1.82, 2.24) is 0 Å². The lowest BCUT2D eigenvalue weighted by Crippen LogP contribution is -2.43. The standard InChI is InChI=1S/C32H64O2/c1-14-22(19-25(31(8,9)10)27(33)21-29(2,3)4)23-17-15-16-18-24(30(5,6)7)28(34)26(20-23)32(11,12)13/h22-28,33-34H,14-21H2,1-13H3. The third-order valence-corrected chi connectivity index (χ3v) is 9.09. The van der Waals surface area contributed by atoms with Gasteiger partial charge in [0.25, 0.3) is 0 Å². The van der Waals surface area contributed by atoms with Crippen LogP contribution in [0.1, 0.15) is 141 Å². The van der Waals surface area contributed by atoms with E-state index in [-0.39, 0.29) is 33.9 Å². The highest BCUT2D eigenvalue weighted by atomic mass is 16.3. The molecule has 0 saturated heterocycles. The van der Waals surface area contributed by atoms with Gasteiger partial charge in [-0.2, -0.15) is 0 Å². The molecule has 0 aromatic rings. The molecule has 0 amide bonds. The molecule has 0 aromatic carbocycles. The van der Waals surface area contributed by atoms with Gasteiger partial charge in [-0.15, -0.1) is 0 Å².